The molecule has 0 saturated carbocycles. The van der Waals surface area contributed by atoms with E-state index in [1.807, 2.05) is 11.6 Å². The molecular formula is C16H22N6O3. The zero-order valence-corrected chi connectivity index (χ0v) is 14.1. The van der Waals surface area contributed by atoms with Crippen LogP contribution in [0.25, 0.3) is 0 Å². The van der Waals surface area contributed by atoms with Crippen LogP contribution in [0.2, 0.25) is 0 Å². The number of allylic oxidation sites excluding steroid dienone is 2. The lowest BCUT2D eigenvalue weighted by molar-refractivity contribution is 0.156. The summed E-state index contributed by atoms with van der Waals surface area (Å²) in [5.74, 6) is 0.941. The molecule has 0 bridgehead atoms. The molecule has 0 aromatic carbocycles. The number of hydrogen-bond acceptors (Lipinski definition) is 7. The maximum absolute atomic E-state index is 12.7. The molecule has 2 aliphatic rings. The Balaban J connectivity index is 2.05. The number of aliphatic hydroxyl groups is 1. The molecule has 0 unspecified atom stereocenters. The zero-order valence-electron chi connectivity index (χ0n) is 14.1. The van der Waals surface area contributed by atoms with Crippen LogP contribution >= 0.6 is 0 Å². The minimum Gasteiger partial charge on any atom is -0.489 e. The Labute approximate surface area is 144 Å². The van der Waals surface area contributed by atoms with Crippen molar-refractivity contribution in [1.82, 2.24) is 9.36 Å². The maximum Gasteiger partial charge on any atom is 0.294 e. The number of nitrogens with one attached hydrogen (secondary N) is 2. The summed E-state index contributed by atoms with van der Waals surface area (Å²) in [4.78, 5) is 17.1. The van der Waals surface area contributed by atoms with E-state index in [0.29, 0.717) is 36.0 Å². The first kappa shape index (κ1) is 17.0. The molecule has 5 N–H and O–H groups in total. The number of aromatic nitrogens is 2. The summed E-state index contributed by atoms with van der Waals surface area (Å²) >= 11 is 0. The van der Waals surface area contributed by atoms with Gasteiger partial charge in [-0.25, -0.2) is 9.67 Å². The van der Waals surface area contributed by atoms with Crippen LogP contribution < -0.4 is 16.6 Å². The Morgan fingerprint density at radius 3 is 2.88 bits per heavy atom. The van der Waals surface area contributed by atoms with E-state index < -0.39 is 0 Å². The number of nitrogens with zero attached hydrogens (tertiary/aromatic N) is 3. The Morgan fingerprint density at radius 2 is 2.16 bits per heavy atom. The number of rotatable bonds is 6. The predicted molar refractivity (Wildman–Crippen MR) is 95.7 cm³/mol. The van der Waals surface area contributed by atoms with E-state index in [1.165, 1.54) is 12.2 Å². The number of ether oxygens (including phenoxy) is 1. The minimum atomic E-state index is -0.166. The summed E-state index contributed by atoms with van der Waals surface area (Å²) in [6.07, 6.45) is 3.87. The van der Waals surface area contributed by atoms with Gasteiger partial charge in [-0.15, -0.1) is 0 Å². The monoisotopic (exact) mass is 346 g/mol. The third kappa shape index (κ3) is 3.10. The van der Waals surface area contributed by atoms with Gasteiger partial charge in [0.05, 0.1) is 23.7 Å². The molecule has 134 valence electrons. The van der Waals surface area contributed by atoms with Gasteiger partial charge < -0.3 is 20.9 Å². The molecule has 9 nitrogen and oxygen atoms in total. The van der Waals surface area contributed by atoms with Gasteiger partial charge in [-0.2, -0.15) is 0 Å². The fourth-order valence-electron chi connectivity index (χ4n) is 2.92. The van der Waals surface area contributed by atoms with Crippen molar-refractivity contribution in [1.29, 1.82) is 5.41 Å². The maximum atomic E-state index is 12.7. The van der Waals surface area contributed by atoms with Gasteiger partial charge >= 0.3 is 0 Å². The van der Waals surface area contributed by atoms with Crippen molar-refractivity contribution in [3.63, 3.8) is 0 Å². The van der Waals surface area contributed by atoms with Gasteiger partial charge in [0, 0.05) is 25.7 Å². The first-order valence-corrected chi connectivity index (χ1v) is 8.24. The van der Waals surface area contributed by atoms with Gasteiger partial charge in [0.2, 0.25) is 0 Å². The largest absolute Gasteiger partial charge is 0.489 e. The average molecular weight is 346 g/mol. The highest BCUT2D eigenvalue weighted by Gasteiger charge is 2.24. The number of nitrogens with two attached hydrogens (primary N) is 1. The summed E-state index contributed by atoms with van der Waals surface area (Å²) in [5.41, 5.74) is 6.88. The first-order valence-electron chi connectivity index (χ1n) is 8.24. The summed E-state index contributed by atoms with van der Waals surface area (Å²) in [5, 5.41) is 20.0. The second-order valence-electron chi connectivity index (χ2n) is 5.72. The van der Waals surface area contributed by atoms with Crippen LogP contribution in [0.1, 0.15) is 13.3 Å². The smallest absolute Gasteiger partial charge is 0.294 e. The molecule has 3 rings (SSSR count). The van der Waals surface area contributed by atoms with Crippen molar-refractivity contribution in [2.45, 2.75) is 26.4 Å². The summed E-state index contributed by atoms with van der Waals surface area (Å²) < 4.78 is 8.91. The van der Waals surface area contributed by atoms with Gasteiger partial charge in [-0.1, -0.05) is 0 Å². The molecule has 0 radical (unpaired) electrons. The van der Waals surface area contributed by atoms with Crippen molar-refractivity contribution < 1.29 is 9.84 Å². The van der Waals surface area contributed by atoms with Gasteiger partial charge in [0.25, 0.3) is 5.56 Å². The molecule has 9 heteroatoms. The quantitative estimate of drug-likeness (QED) is 0.551. The molecule has 0 saturated heterocycles. The molecule has 2 heterocycles. The van der Waals surface area contributed by atoms with E-state index in [0.717, 1.165) is 13.0 Å². The number of anilines is 1. The summed E-state index contributed by atoms with van der Waals surface area (Å²) in [7, 11) is 0. The van der Waals surface area contributed by atoms with Crippen molar-refractivity contribution in [3.05, 3.63) is 34.0 Å². The number of aliphatic hydroxyl groups excluding tert-OH is 1. The lowest BCUT2D eigenvalue weighted by Crippen LogP contribution is -2.21. The minimum absolute atomic E-state index is 0.0705. The van der Waals surface area contributed by atoms with Gasteiger partial charge in [0.1, 0.15) is 12.4 Å². The third-order valence-electron chi connectivity index (χ3n) is 4.00. The number of hydrogen-bond donors (Lipinski definition) is 4. The standard InChI is InChI=1S/C16H22N6O3/c1-2-19-15-14(16(24)22-5-3-4-21(15)22)20-12-9-13(25-7-6-23)11(18)8-10(12)17/h8-9,18-19,23H,2-7,17H2,1H3/b18-11?,20-12+. The molecule has 0 amide bonds. The third-order valence-corrected chi connectivity index (χ3v) is 4.00. The van der Waals surface area contributed by atoms with Crippen LogP contribution in [-0.2, 0) is 17.8 Å². The fourth-order valence-corrected chi connectivity index (χ4v) is 2.92. The van der Waals surface area contributed by atoms with Crippen LogP contribution in [-0.4, -0.2) is 45.7 Å². The molecule has 1 aromatic heterocycles. The lowest BCUT2D eigenvalue weighted by Gasteiger charge is -2.15. The Kier molecular flexibility index (Phi) is 4.75. The van der Waals surface area contributed by atoms with Crippen LogP contribution in [0.15, 0.2) is 33.4 Å². The van der Waals surface area contributed by atoms with Crippen molar-refractivity contribution >= 4 is 22.9 Å². The SMILES string of the molecule is CCNc1c(/N=C2\C=C(OCCO)C(=N)C=C2N)c(=O)n2n1CCC2. The number of fused-ring (bicyclic) bond motifs is 1. The molecule has 0 spiro atoms. The van der Waals surface area contributed by atoms with E-state index in [1.54, 1.807) is 4.68 Å². The van der Waals surface area contributed by atoms with Crippen molar-refractivity contribution in [3.8, 4) is 0 Å². The molecule has 0 atom stereocenters. The highest BCUT2D eigenvalue weighted by molar-refractivity contribution is 6.22. The number of aliphatic imine (C=N–C) groups is 1. The second-order valence-corrected chi connectivity index (χ2v) is 5.72. The Hall–Kier alpha value is -2.81. The van der Waals surface area contributed by atoms with Crippen LogP contribution in [0.4, 0.5) is 11.5 Å². The van der Waals surface area contributed by atoms with Crippen molar-refractivity contribution in [2.24, 2.45) is 10.7 Å². The predicted octanol–water partition coefficient (Wildman–Crippen LogP) is 0.327. The lowest BCUT2D eigenvalue weighted by atomic mass is 10.1. The van der Waals surface area contributed by atoms with E-state index in [2.05, 4.69) is 10.3 Å². The fraction of sp³-hybridized carbons (Fsp3) is 0.438. The van der Waals surface area contributed by atoms with Crippen LogP contribution in [0, 0.1) is 5.41 Å². The van der Waals surface area contributed by atoms with E-state index in [-0.39, 0.29) is 30.2 Å². The first-order chi connectivity index (χ1) is 12.1. The topological polar surface area (TPSA) is 131 Å². The van der Waals surface area contributed by atoms with Gasteiger partial charge in [-0.05, 0) is 19.4 Å². The highest BCUT2D eigenvalue weighted by Crippen LogP contribution is 2.26. The van der Waals surface area contributed by atoms with Crippen LogP contribution in [0.5, 0.6) is 0 Å². The van der Waals surface area contributed by atoms with Crippen molar-refractivity contribution in [2.75, 3.05) is 25.1 Å². The molecule has 1 aromatic rings. The summed E-state index contributed by atoms with van der Waals surface area (Å²) in [6, 6.07) is 0. The summed E-state index contributed by atoms with van der Waals surface area (Å²) in [6.45, 7) is 3.96. The average Bonchev–Trinajstić information content (AvgIpc) is 3.15. The molecule has 1 aliphatic heterocycles. The molecular weight excluding hydrogens is 324 g/mol. The Bertz CT molecular complexity index is 843. The molecule has 1 aliphatic carbocycles. The molecule has 0 fully saturated rings. The normalized spacial score (nSPS) is 18.2. The molecule has 25 heavy (non-hydrogen) atoms. The zero-order chi connectivity index (χ0) is 18.0. The van der Waals surface area contributed by atoms with E-state index in [4.69, 9.17) is 21.0 Å². The van der Waals surface area contributed by atoms with E-state index in [9.17, 15) is 4.79 Å². The van der Waals surface area contributed by atoms with Gasteiger partial charge in [0.15, 0.2) is 11.5 Å². The van der Waals surface area contributed by atoms with Crippen LogP contribution in [0.3, 0.4) is 0 Å². The second kappa shape index (κ2) is 6.98. The Morgan fingerprint density at radius 1 is 1.40 bits per heavy atom. The van der Waals surface area contributed by atoms with Gasteiger partial charge in [-0.3, -0.25) is 14.9 Å². The van der Waals surface area contributed by atoms with E-state index >= 15 is 0 Å². The highest BCUT2D eigenvalue weighted by atomic mass is 16.5.